The largest absolute Gasteiger partial charge is 0.463 e. The smallest absolute Gasteiger partial charge is 0.432 e. The van der Waals surface area contributed by atoms with E-state index >= 15 is 0 Å². The van der Waals surface area contributed by atoms with Gasteiger partial charge in [-0.25, -0.2) is 4.79 Å². The van der Waals surface area contributed by atoms with Gasteiger partial charge in [-0.15, -0.1) is 0 Å². The lowest BCUT2D eigenvalue weighted by Gasteiger charge is -2.28. The molecule has 3 N–H and O–H groups in total. The number of esters is 1. The highest BCUT2D eigenvalue weighted by atomic mass is 19.4. The lowest BCUT2D eigenvalue weighted by atomic mass is 9.91. The molecule has 19 heavy (non-hydrogen) atoms. The quantitative estimate of drug-likeness (QED) is 0.653. The SMILES string of the molecule is CCOC(=O)C(O)(c1ccc(N)c(C)c1)C(F)(F)F. The first-order chi connectivity index (χ1) is 8.64. The fourth-order valence-corrected chi connectivity index (χ4v) is 1.53. The zero-order chi connectivity index (χ0) is 14.8. The maximum Gasteiger partial charge on any atom is 0.432 e. The van der Waals surface area contributed by atoms with E-state index in [1.807, 2.05) is 0 Å². The zero-order valence-electron chi connectivity index (χ0n) is 10.4. The monoisotopic (exact) mass is 277 g/mol. The maximum absolute atomic E-state index is 13.0. The summed E-state index contributed by atoms with van der Waals surface area (Å²) in [6, 6.07) is 3.16. The fraction of sp³-hybridized carbons (Fsp3) is 0.417. The van der Waals surface area contributed by atoms with Gasteiger partial charge in [0.2, 0.25) is 0 Å². The molecule has 0 aliphatic heterocycles. The van der Waals surface area contributed by atoms with E-state index < -0.39 is 23.3 Å². The summed E-state index contributed by atoms with van der Waals surface area (Å²) in [6.45, 7) is 2.55. The number of ether oxygens (including phenoxy) is 1. The second kappa shape index (κ2) is 5.08. The summed E-state index contributed by atoms with van der Waals surface area (Å²) < 4.78 is 43.4. The predicted molar refractivity (Wildman–Crippen MR) is 62.2 cm³/mol. The number of carbonyl (C=O) groups excluding carboxylic acids is 1. The Morgan fingerprint density at radius 3 is 2.42 bits per heavy atom. The fourth-order valence-electron chi connectivity index (χ4n) is 1.53. The minimum absolute atomic E-state index is 0.261. The molecule has 0 aliphatic rings. The number of hydrogen-bond acceptors (Lipinski definition) is 4. The molecule has 1 atom stereocenters. The van der Waals surface area contributed by atoms with E-state index in [9.17, 15) is 23.1 Å². The van der Waals surface area contributed by atoms with Gasteiger partial charge in [0.05, 0.1) is 6.61 Å². The second-order valence-corrected chi connectivity index (χ2v) is 4.00. The van der Waals surface area contributed by atoms with Gasteiger partial charge in [-0.1, -0.05) is 12.1 Å². The van der Waals surface area contributed by atoms with Gasteiger partial charge in [-0.3, -0.25) is 0 Å². The molecule has 0 saturated carbocycles. The Bertz CT molecular complexity index is 488. The number of aliphatic hydroxyl groups is 1. The summed E-state index contributed by atoms with van der Waals surface area (Å²) in [5, 5.41) is 9.79. The van der Waals surface area contributed by atoms with Crippen LogP contribution in [0, 0.1) is 6.92 Å². The Kier molecular flexibility index (Phi) is 4.09. The Balaban J connectivity index is 3.39. The van der Waals surface area contributed by atoms with Crippen molar-refractivity contribution < 1.29 is 27.8 Å². The number of hydrogen-bond donors (Lipinski definition) is 2. The third-order valence-corrected chi connectivity index (χ3v) is 2.67. The molecule has 7 heteroatoms. The van der Waals surface area contributed by atoms with Crippen molar-refractivity contribution in [2.45, 2.75) is 25.6 Å². The lowest BCUT2D eigenvalue weighted by Crippen LogP contribution is -2.50. The van der Waals surface area contributed by atoms with E-state index in [1.165, 1.54) is 19.9 Å². The minimum atomic E-state index is -5.19. The van der Waals surface area contributed by atoms with Crippen molar-refractivity contribution in [1.82, 2.24) is 0 Å². The van der Waals surface area contributed by atoms with Gasteiger partial charge in [-0.2, -0.15) is 13.2 Å². The van der Waals surface area contributed by atoms with Crippen LogP contribution >= 0.6 is 0 Å². The topological polar surface area (TPSA) is 72.5 Å². The number of halogens is 3. The number of benzene rings is 1. The Hall–Kier alpha value is -1.76. The van der Waals surface area contributed by atoms with Crippen LogP contribution in [0.2, 0.25) is 0 Å². The molecular formula is C12H14F3NO3. The lowest BCUT2D eigenvalue weighted by molar-refractivity contribution is -0.267. The molecule has 0 aliphatic carbocycles. The molecule has 1 rings (SSSR count). The molecule has 106 valence electrons. The number of aryl methyl sites for hydroxylation is 1. The number of nitrogens with two attached hydrogens (primary N) is 1. The first-order valence-corrected chi connectivity index (χ1v) is 5.47. The van der Waals surface area contributed by atoms with Crippen molar-refractivity contribution in [3.63, 3.8) is 0 Å². The Morgan fingerprint density at radius 2 is 2.00 bits per heavy atom. The number of carbonyl (C=O) groups is 1. The minimum Gasteiger partial charge on any atom is -0.463 e. The van der Waals surface area contributed by atoms with Crippen LogP contribution in [0.3, 0.4) is 0 Å². The van der Waals surface area contributed by atoms with Gasteiger partial charge in [0.15, 0.2) is 0 Å². The number of alkyl halides is 3. The van der Waals surface area contributed by atoms with Gasteiger partial charge in [0, 0.05) is 11.3 Å². The average molecular weight is 277 g/mol. The van der Waals surface area contributed by atoms with Crippen molar-refractivity contribution in [3.05, 3.63) is 29.3 Å². The highest BCUT2D eigenvalue weighted by Gasteiger charge is 2.62. The first kappa shape index (κ1) is 15.3. The van der Waals surface area contributed by atoms with Crippen molar-refractivity contribution in [2.75, 3.05) is 12.3 Å². The van der Waals surface area contributed by atoms with Crippen LogP contribution in [-0.4, -0.2) is 23.9 Å². The molecule has 1 aromatic rings. The molecule has 0 bridgehead atoms. The summed E-state index contributed by atoms with van der Waals surface area (Å²) in [4.78, 5) is 11.5. The third kappa shape index (κ3) is 2.65. The zero-order valence-corrected chi connectivity index (χ0v) is 10.4. The van der Waals surface area contributed by atoms with Crippen LogP contribution in [0.1, 0.15) is 18.1 Å². The molecule has 0 aromatic heterocycles. The van der Waals surface area contributed by atoms with Gasteiger partial charge in [0.25, 0.3) is 5.60 Å². The van der Waals surface area contributed by atoms with E-state index in [-0.39, 0.29) is 12.3 Å². The van der Waals surface area contributed by atoms with E-state index in [2.05, 4.69) is 4.74 Å². The van der Waals surface area contributed by atoms with Crippen molar-refractivity contribution in [3.8, 4) is 0 Å². The van der Waals surface area contributed by atoms with Crippen molar-refractivity contribution in [1.29, 1.82) is 0 Å². The van der Waals surface area contributed by atoms with Crippen molar-refractivity contribution >= 4 is 11.7 Å². The average Bonchev–Trinajstić information content (AvgIpc) is 2.30. The summed E-state index contributed by atoms with van der Waals surface area (Å²) in [6.07, 6.45) is -5.19. The van der Waals surface area contributed by atoms with E-state index in [4.69, 9.17) is 5.73 Å². The molecule has 1 aromatic carbocycles. The van der Waals surface area contributed by atoms with Crippen LogP contribution in [0.25, 0.3) is 0 Å². The predicted octanol–water partition coefficient (Wildman–Crippen LogP) is 1.89. The highest BCUT2D eigenvalue weighted by Crippen LogP contribution is 2.40. The van der Waals surface area contributed by atoms with Gasteiger partial charge >= 0.3 is 12.1 Å². The summed E-state index contributed by atoms with van der Waals surface area (Å²) in [7, 11) is 0. The standard InChI is InChI=1S/C12H14F3NO3/c1-3-19-10(17)11(18,12(13,14)15)8-4-5-9(16)7(2)6-8/h4-6,18H,3,16H2,1-2H3. The Morgan fingerprint density at radius 1 is 1.42 bits per heavy atom. The summed E-state index contributed by atoms with van der Waals surface area (Å²) in [5.41, 5.74) is 1.77. The van der Waals surface area contributed by atoms with E-state index in [0.29, 0.717) is 5.56 Å². The molecule has 0 spiro atoms. The maximum atomic E-state index is 13.0. The molecule has 4 nitrogen and oxygen atoms in total. The van der Waals surface area contributed by atoms with Gasteiger partial charge in [0.1, 0.15) is 0 Å². The molecular weight excluding hydrogens is 263 g/mol. The van der Waals surface area contributed by atoms with Crippen LogP contribution < -0.4 is 5.73 Å². The normalized spacial score (nSPS) is 14.8. The number of rotatable bonds is 3. The van der Waals surface area contributed by atoms with Gasteiger partial charge < -0.3 is 15.6 Å². The first-order valence-electron chi connectivity index (χ1n) is 5.47. The molecule has 0 heterocycles. The van der Waals surface area contributed by atoms with Crippen molar-refractivity contribution in [2.24, 2.45) is 0 Å². The molecule has 0 fully saturated rings. The molecule has 0 radical (unpaired) electrons. The summed E-state index contributed by atoms with van der Waals surface area (Å²) >= 11 is 0. The molecule has 1 unspecified atom stereocenters. The number of anilines is 1. The third-order valence-electron chi connectivity index (χ3n) is 2.67. The van der Waals surface area contributed by atoms with E-state index in [0.717, 1.165) is 12.1 Å². The van der Waals surface area contributed by atoms with Crippen LogP contribution in [0.5, 0.6) is 0 Å². The molecule has 0 saturated heterocycles. The Labute approximate surface area is 108 Å². The summed E-state index contributed by atoms with van der Waals surface area (Å²) in [5.74, 6) is -1.76. The molecule has 0 amide bonds. The van der Waals surface area contributed by atoms with Crippen LogP contribution in [0.4, 0.5) is 18.9 Å². The van der Waals surface area contributed by atoms with E-state index in [1.54, 1.807) is 0 Å². The number of nitrogen functional groups attached to an aromatic ring is 1. The van der Waals surface area contributed by atoms with Crippen LogP contribution in [-0.2, 0) is 15.1 Å². The van der Waals surface area contributed by atoms with Gasteiger partial charge in [-0.05, 0) is 25.5 Å². The second-order valence-electron chi connectivity index (χ2n) is 4.00. The van der Waals surface area contributed by atoms with Crippen LogP contribution in [0.15, 0.2) is 18.2 Å². The highest BCUT2D eigenvalue weighted by molar-refractivity contribution is 5.82.